The molecule has 4 rings (SSSR count). The number of aliphatic hydroxyl groups is 1. The molecule has 0 bridgehead atoms. The van der Waals surface area contributed by atoms with E-state index >= 15 is 0 Å². The van der Waals surface area contributed by atoms with Crippen LogP contribution < -0.4 is 0 Å². The van der Waals surface area contributed by atoms with Crippen LogP contribution in [0.5, 0.6) is 0 Å². The Labute approximate surface area is 182 Å². The SMILES string of the molecule is O[C@H](CSc1cccs1)CN1CCN(C(c2ccccc2)c2ccccc2)CC1. The molecule has 1 N–H and O–H groups in total. The molecular weight excluding hydrogens is 396 g/mol. The molecule has 2 aromatic carbocycles. The average Bonchev–Trinajstić information content (AvgIpc) is 3.29. The maximum Gasteiger partial charge on any atom is 0.0761 e. The molecule has 5 heteroatoms. The molecule has 0 amide bonds. The third-order valence-corrected chi connectivity index (χ3v) is 7.66. The van der Waals surface area contributed by atoms with Gasteiger partial charge in [0.25, 0.3) is 0 Å². The lowest BCUT2D eigenvalue weighted by Crippen LogP contribution is -2.49. The first-order valence-electron chi connectivity index (χ1n) is 10.2. The number of rotatable bonds is 8. The number of thioether (sulfide) groups is 1. The maximum atomic E-state index is 10.5. The van der Waals surface area contributed by atoms with Crippen molar-refractivity contribution in [1.29, 1.82) is 0 Å². The molecule has 3 aromatic rings. The molecule has 0 saturated carbocycles. The van der Waals surface area contributed by atoms with Crippen LogP contribution in [0.1, 0.15) is 17.2 Å². The fourth-order valence-electron chi connectivity index (χ4n) is 3.96. The van der Waals surface area contributed by atoms with Crippen LogP contribution in [0, 0.1) is 0 Å². The number of β-amino-alcohol motifs (C(OH)–C–C–N with tert-alkyl or cyclic N) is 1. The van der Waals surface area contributed by atoms with Gasteiger partial charge in [-0.15, -0.1) is 23.1 Å². The highest BCUT2D eigenvalue weighted by molar-refractivity contribution is 8.01. The van der Waals surface area contributed by atoms with Crippen molar-refractivity contribution >= 4 is 23.1 Å². The van der Waals surface area contributed by atoms with Gasteiger partial charge in [0.1, 0.15) is 0 Å². The van der Waals surface area contributed by atoms with Crippen molar-refractivity contribution in [2.45, 2.75) is 16.4 Å². The summed E-state index contributed by atoms with van der Waals surface area (Å²) in [6.45, 7) is 4.78. The monoisotopic (exact) mass is 424 g/mol. The largest absolute Gasteiger partial charge is 0.391 e. The molecule has 0 unspecified atom stereocenters. The van der Waals surface area contributed by atoms with E-state index in [-0.39, 0.29) is 6.10 Å². The second kappa shape index (κ2) is 10.4. The van der Waals surface area contributed by atoms with Crippen molar-refractivity contribution < 1.29 is 5.11 Å². The van der Waals surface area contributed by atoms with Crippen LogP contribution in [0.2, 0.25) is 0 Å². The van der Waals surface area contributed by atoms with Crippen molar-refractivity contribution in [1.82, 2.24) is 9.80 Å². The highest BCUT2D eigenvalue weighted by Gasteiger charge is 2.27. The van der Waals surface area contributed by atoms with Crippen molar-refractivity contribution in [3.05, 3.63) is 89.3 Å². The molecule has 1 saturated heterocycles. The summed E-state index contributed by atoms with van der Waals surface area (Å²) in [4.78, 5) is 4.98. The molecule has 0 aliphatic carbocycles. The Bertz CT molecular complexity index is 794. The Balaban J connectivity index is 1.34. The molecule has 29 heavy (non-hydrogen) atoms. The Kier molecular flexibility index (Phi) is 7.41. The number of aliphatic hydroxyl groups excluding tert-OH is 1. The lowest BCUT2D eigenvalue weighted by atomic mass is 9.96. The average molecular weight is 425 g/mol. The number of hydrogen-bond donors (Lipinski definition) is 1. The summed E-state index contributed by atoms with van der Waals surface area (Å²) >= 11 is 3.50. The highest BCUT2D eigenvalue weighted by atomic mass is 32.2. The van der Waals surface area contributed by atoms with E-state index in [1.54, 1.807) is 23.1 Å². The lowest BCUT2D eigenvalue weighted by molar-refractivity contribution is 0.0708. The van der Waals surface area contributed by atoms with E-state index in [0.29, 0.717) is 6.04 Å². The van der Waals surface area contributed by atoms with Crippen LogP contribution in [0.3, 0.4) is 0 Å². The predicted molar refractivity (Wildman–Crippen MR) is 124 cm³/mol. The Morgan fingerprint density at radius 1 is 0.828 bits per heavy atom. The summed E-state index contributed by atoms with van der Waals surface area (Å²) in [6.07, 6.45) is -0.285. The number of benzene rings is 2. The van der Waals surface area contributed by atoms with Crippen molar-refractivity contribution in [2.75, 3.05) is 38.5 Å². The first-order valence-corrected chi connectivity index (χ1v) is 12.1. The Morgan fingerprint density at radius 2 is 1.45 bits per heavy atom. The molecule has 1 fully saturated rings. The van der Waals surface area contributed by atoms with Crippen LogP contribution in [0.25, 0.3) is 0 Å². The van der Waals surface area contributed by atoms with Gasteiger partial charge in [-0.2, -0.15) is 0 Å². The van der Waals surface area contributed by atoms with E-state index in [1.165, 1.54) is 15.3 Å². The van der Waals surface area contributed by atoms with Crippen LogP contribution in [0.4, 0.5) is 0 Å². The van der Waals surface area contributed by atoms with Crippen molar-refractivity contribution in [2.24, 2.45) is 0 Å². The van der Waals surface area contributed by atoms with E-state index in [9.17, 15) is 5.11 Å². The Hall–Kier alpha value is -1.63. The normalized spacial score (nSPS) is 16.9. The molecule has 2 heterocycles. The van der Waals surface area contributed by atoms with Gasteiger partial charge in [0.2, 0.25) is 0 Å². The van der Waals surface area contributed by atoms with Crippen LogP contribution >= 0.6 is 23.1 Å². The van der Waals surface area contributed by atoms with E-state index in [0.717, 1.165) is 38.5 Å². The summed E-state index contributed by atoms with van der Waals surface area (Å²) in [5, 5.41) is 12.5. The van der Waals surface area contributed by atoms with E-state index in [1.807, 2.05) is 0 Å². The van der Waals surface area contributed by atoms with Crippen molar-refractivity contribution in [3.8, 4) is 0 Å². The molecular formula is C24H28N2OS2. The second-order valence-electron chi connectivity index (χ2n) is 7.46. The summed E-state index contributed by atoms with van der Waals surface area (Å²) in [5.41, 5.74) is 2.69. The summed E-state index contributed by atoms with van der Waals surface area (Å²) in [5.74, 6) is 0.761. The summed E-state index contributed by atoms with van der Waals surface area (Å²) in [6, 6.07) is 26.1. The number of hydrogen-bond acceptors (Lipinski definition) is 5. The molecule has 1 aromatic heterocycles. The number of thiophene rings is 1. The fraction of sp³-hybridized carbons (Fsp3) is 0.333. The minimum atomic E-state index is -0.285. The van der Waals surface area contributed by atoms with Gasteiger partial charge < -0.3 is 5.11 Å². The fourth-order valence-corrected chi connectivity index (χ4v) is 5.69. The predicted octanol–water partition coefficient (Wildman–Crippen LogP) is 4.61. The van der Waals surface area contributed by atoms with Gasteiger partial charge in [-0.05, 0) is 22.6 Å². The molecule has 0 radical (unpaired) electrons. The van der Waals surface area contributed by atoms with Gasteiger partial charge in [0.05, 0.1) is 16.4 Å². The number of piperazine rings is 1. The van der Waals surface area contributed by atoms with Gasteiger partial charge >= 0.3 is 0 Å². The van der Waals surface area contributed by atoms with Gasteiger partial charge in [0.15, 0.2) is 0 Å². The standard InChI is InChI=1S/C24H28N2OS2/c27-22(19-29-23-12-7-17-28-23)18-25-13-15-26(16-14-25)24(20-8-3-1-4-9-20)21-10-5-2-6-11-21/h1-12,17,22,24,27H,13-16,18-19H2/t22-/m0/s1. The lowest BCUT2D eigenvalue weighted by Gasteiger charge is -2.40. The molecule has 152 valence electrons. The second-order valence-corrected chi connectivity index (χ2v) is 9.73. The van der Waals surface area contributed by atoms with Crippen LogP contribution in [0.15, 0.2) is 82.4 Å². The van der Waals surface area contributed by atoms with E-state index in [2.05, 4.69) is 88.0 Å². The van der Waals surface area contributed by atoms with E-state index < -0.39 is 0 Å². The summed E-state index contributed by atoms with van der Waals surface area (Å²) in [7, 11) is 0. The van der Waals surface area contributed by atoms with Gasteiger partial charge in [-0.25, -0.2) is 0 Å². The molecule has 3 nitrogen and oxygen atoms in total. The maximum absolute atomic E-state index is 10.5. The quantitative estimate of drug-likeness (QED) is 0.534. The third-order valence-electron chi connectivity index (χ3n) is 5.38. The molecule has 1 aliphatic rings. The zero-order valence-corrected chi connectivity index (χ0v) is 18.2. The van der Waals surface area contributed by atoms with Gasteiger partial charge in [-0.3, -0.25) is 9.80 Å². The van der Waals surface area contributed by atoms with Crippen LogP contribution in [-0.2, 0) is 0 Å². The van der Waals surface area contributed by atoms with Gasteiger partial charge in [0, 0.05) is 38.5 Å². The van der Waals surface area contributed by atoms with Crippen molar-refractivity contribution in [3.63, 3.8) is 0 Å². The first kappa shape index (κ1) is 20.6. The highest BCUT2D eigenvalue weighted by Crippen LogP contribution is 2.29. The topological polar surface area (TPSA) is 26.7 Å². The molecule has 0 spiro atoms. The Morgan fingerprint density at radius 3 is 2.00 bits per heavy atom. The molecule has 1 aliphatic heterocycles. The first-order chi connectivity index (χ1) is 14.3. The zero-order valence-electron chi connectivity index (χ0n) is 16.6. The van der Waals surface area contributed by atoms with E-state index in [4.69, 9.17) is 0 Å². The molecule has 1 atom stereocenters. The van der Waals surface area contributed by atoms with Crippen LogP contribution in [-0.4, -0.2) is 59.5 Å². The zero-order chi connectivity index (χ0) is 19.9. The minimum Gasteiger partial charge on any atom is -0.391 e. The minimum absolute atomic E-state index is 0.285. The summed E-state index contributed by atoms with van der Waals surface area (Å²) < 4.78 is 1.28. The third kappa shape index (κ3) is 5.71. The number of nitrogens with zero attached hydrogens (tertiary/aromatic N) is 2. The van der Waals surface area contributed by atoms with Gasteiger partial charge in [-0.1, -0.05) is 66.7 Å². The smallest absolute Gasteiger partial charge is 0.0761 e.